The summed E-state index contributed by atoms with van der Waals surface area (Å²) >= 11 is 0. The molecule has 0 spiro atoms. The first-order valence-electron chi connectivity index (χ1n) is 7.12. The molecule has 0 aliphatic carbocycles. The third kappa shape index (κ3) is 6.77. The molecule has 112 valence electrons. The molecular formula is C16H20N2O3. The minimum Gasteiger partial charge on any atom is -0.369 e. The normalized spacial score (nSPS) is 10.0. The van der Waals surface area contributed by atoms with Gasteiger partial charge in [-0.25, -0.2) is 0 Å². The van der Waals surface area contributed by atoms with Gasteiger partial charge in [0, 0.05) is 6.61 Å². The van der Waals surface area contributed by atoms with E-state index in [1.165, 1.54) is 0 Å². The molecule has 0 atom stereocenters. The zero-order valence-electron chi connectivity index (χ0n) is 12.1. The Balaban J connectivity index is 2.17. The minimum atomic E-state index is 0.0979. The summed E-state index contributed by atoms with van der Waals surface area (Å²) in [6.45, 7) is 1.11. The minimum absolute atomic E-state index is 0.0979. The molecule has 0 bridgehead atoms. The van der Waals surface area contributed by atoms with Crippen molar-refractivity contribution in [1.29, 1.82) is 0 Å². The molecule has 0 aliphatic heterocycles. The Hall–Kier alpha value is -2.06. The second-order valence-corrected chi connectivity index (χ2v) is 4.78. The second-order valence-electron chi connectivity index (χ2n) is 4.78. The van der Waals surface area contributed by atoms with Crippen LogP contribution in [-0.4, -0.2) is 13.2 Å². The van der Waals surface area contributed by atoms with E-state index in [0.717, 1.165) is 50.7 Å². The van der Waals surface area contributed by atoms with E-state index in [0.29, 0.717) is 6.61 Å². The van der Waals surface area contributed by atoms with E-state index in [1.54, 1.807) is 12.1 Å². The molecule has 1 aromatic rings. The number of benzene rings is 1. The smallest absolute Gasteiger partial charge is 0.137 e. The predicted molar refractivity (Wildman–Crippen MR) is 83.8 cm³/mol. The molecule has 0 saturated carbocycles. The summed E-state index contributed by atoms with van der Waals surface area (Å²) in [5, 5.41) is 5.59. The molecule has 0 aliphatic rings. The van der Waals surface area contributed by atoms with Crippen LogP contribution in [0.15, 0.2) is 28.6 Å². The summed E-state index contributed by atoms with van der Waals surface area (Å²) in [6, 6.07) is 5.00. The van der Waals surface area contributed by atoms with E-state index in [1.807, 2.05) is 6.07 Å². The van der Waals surface area contributed by atoms with Crippen molar-refractivity contribution in [3.8, 4) is 12.3 Å². The largest absolute Gasteiger partial charge is 0.369 e. The molecule has 0 heterocycles. The molecule has 0 N–H and O–H groups in total. The lowest BCUT2D eigenvalue weighted by atomic mass is 10.0. The second kappa shape index (κ2) is 10.7. The number of unbranched alkanes of at least 4 members (excludes halogenated alkanes) is 4. The van der Waals surface area contributed by atoms with Crippen molar-refractivity contribution in [1.82, 2.24) is 0 Å². The van der Waals surface area contributed by atoms with Crippen LogP contribution in [-0.2, 0) is 11.2 Å². The van der Waals surface area contributed by atoms with Crippen molar-refractivity contribution in [2.75, 3.05) is 13.2 Å². The van der Waals surface area contributed by atoms with E-state index in [4.69, 9.17) is 11.2 Å². The molecule has 0 radical (unpaired) electrons. The summed E-state index contributed by atoms with van der Waals surface area (Å²) in [7, 11) is 0. The molecule has 1 rings (SSSR count). The zero-order chi connectivity index (χ0) is 15.3. The van der Waals surface area contributed by atoms with Gasteiger partial charge in [0.2, 0.25) is 0 Å². The first-order valence-corrected chi connectivity index (χ1v) is 7.12. The highest BCUT2D eigenvalue weighted by molar-refractivity contribution is 5.62. The van der Waals surface area contributed by atoms with Crippen LogP contribution in [0.3, 0.4) is 0 Å². The number of terminal acetylenes is 1. The zero-order valence-corrected chi connectivity index (χ0v) is 12.1. The monoisotopic (exact) mass is 288 g/mol. The third-order valence-electron chi connectivity index (χ3n) is 3.18. The summed E-state index contributed by atoms with van der Waals surface area (Å²) in [5.74, 6) is 2.44. The van der Waals surface area contributed by atoms with Gasteiger partial charge in [0.05, 0.1) is 0 Å². The number of aryl methyl sites for hydroxylation is 1. The molecule has 5 nitrogen and oxygen atoms in total. The Morgan fingerprint density at radius 3 is 2.43 bits per heavy atom. The Labute approximate surface area is 125 Å². The maximum atomic E-state index is 10.6. The van der Waals surface area contributed by atoms with Crippen molar-refractivity contribution in [2.45, 2.75) is 38.5 Å². The van der Waals surface area contributed by atoms with Crippen LogP contribution in [0.4, 0.5) is 11.4 Å². The van der Waals surface area contributed by atoms with Crippen LogP contribution in [0.1, 0.15) is 37.7 Å². The third-order valence-corrected chi connectivity index (χ3v) is 3.18. The van der Waals surface area contributed by atoms with E-state index < -0.39 is 0 Å². The Kier molecular flexibility index (Phi) is 8.65. The maximum absolute atomic E-state index is 10.6. The highest BCUT2D eigenvalue weighted by Crippen LogP contribution is 2.29. The molecule has 21 heavy (non-hydrogen) atoms. The fourth-order valence-electron chi connectivity index (χ4n) is 2.07. The SMILES string of the molecule is C#CCOCCCCCCCc1ccc(N=O)c(N=O)c1. The Bertz CT molecular complexity index is 495. The van der Waals surface area contributed by atoms with Crippen molar-refractivity contribution >= 4 is 11.4 Å². The molecule has 0 aromatic heterocycles. The number of rotatable bonds is 11. The van der Waals surface area contributed by atoms with E-state index in [-0.39, 0.29) is 11.4 Å². The van der Waals surface area contributed by atoms with Crippen molar-refractivity contribution in [3.63, 3.8) is 0 Å². The van der Waals surface area contributed by atoms with Crippen molar-refractivity contribution in [3.05, 3.63) is 33.6 Å². The van der Waals surface area contributed by atoms with Gasteiger partial charge in [-0.1, -0.05) is 31.2 Å². The fraction of sp³-hybridized carbons (Fsp3) is 0.500. The number of nitroso groups, excluding NO2 is 2. The quantitative estimate of drug-likeness (QED) is 0.339. The Morgan fingerprint density at radius 2 is 1.71 bits per heavy atom. The lowest BCUT2D eigenvalue weighted by Gasteiger charge is -2.04. The first kappa shape index (κ1) is 17.0. The van der Waals surface area contributed by atoms with Gasteiger partial charge in [-0.2, -0.15) is 0 Å². The standard InChI is InChI=1S/C16H20N2O3/c1-2-11-21-12-7-5-3-4-6-8-14-9-10-15(17-19)16(13-14)18-20/h1,9-10,13H,3-8,11-12H2. The lowest BCUT2D eigenvalue weighted by Crippen LogP contribution is -1.94. The van der Waals surface area contributed by atoms with Crippen molar-refractivity contribution < 1.29 is 4.74 Å². The Morgan fingerprint density at radius 1 is 1.00 bits per heavy atom. The number of hydrogen-bond donors (Lipinski definition) is 0. The molecule has 0 unspecified atom stereocenters. The van der Waals surface area contributed by atoms with Gasteiger partial charge in [-0.15, -0.1) is 16.2 Å². The summed E-state index contributed by atoms with van der Waals surface area (Å²) in [4.78, 5) is 21.0. The molecular weight excluding hydrogens is 268 g/mol. The highest BCUT2D eigenvalue weighted by Gasteiger charge is 2.04. The molecule has 0 amide bonds. The van der Waals surface area contributed by atoms with Gasteiger partial charge in [0.1, 0.15) is 18.0 Å². The first-order chi connectivity index (χ1) is 10.3. The van der Waals surface area contributed by atoms with Crippen LogP contribution in [0.25, 0.3) is 0 Å². The summed E-state index contributed by atoms with van der Waals surface area (Å²) in [5.41, 5.74) is 1.23. The highest BCUT2D eigenvalue weighted by atomic mass is 16.5. The van der Waals surface area contributed by atoms with Crippen LogP contribution in [0.2, 0.25) is 0 Å². The number of ether oxygens (including phenoxy) is 1. The molecule has 1 aromatic carbocycles. The average Bonchev–Trinajstić information content (AvgIpc) is 2.53. The van der Waals surface area contributed by atoms with Gasteiger partial charge < -0.3 is 4.74 Å². The van der Waals surface area contributed by atoms with E-state index in [9.17, 15) is 9.81 Å². The maximum Gasteiger partial charge on any atom is 0.137 e. The number of nitrogens with zero attached hydrogens (tertiary/aromatic N) is 2. The van der Waals surface area contributed by atoms with Gasteiger partial charge >= 0.3 is 0 Å². The van der Waals surface area contributed by atoms with Crippen LogP contribution in [0.5, 0.6) is 0 Å². The molecule has 0 saturated heterocycles. The van der Waals surface area contributed by atoms with Crippen LogP contribution < -0.4 is 0 Å². The molecule has 5 heteroatoms. The van der Waals surface area contributed by atoms with Gasteiger partial charge in [0.15, 0.2) is 0 Å². The topological polar surface area (TPSA) is 68.1 Å². The van der Waals surface area contributed by atoms with Crippen LogP contribution >= 0.6 is 0 Å². The number of hydrogen-bond acceptors (Lipinski definition) is 5. The van der Waals surface area contributed by atoms with Gasteiger partial charge in [-0.05, 0) is 47.3 Å². The van der Waals surface area contributed by atoms with Gasteiger partial charge in [0.25, 0.3) is 0 Å². The molecule has 0 fully saturated rings. The average molecular weight is 288 g/mol. The van der Waals surface area contributed by atoms with Crippen LogP contribution in [0, 0.1) is 22.2 Å². The lowest BCUT2D eigenvalue weighted by molar-refractivity contribution is 0.162. The predicted octanol–water partition coefficient (Wildman–Crippen LogP) is 4.63. The van der Waals surface area contributed by atoms with Gasteiger partial charge in [-0.3, -0.25) is 0 Å². The van der Waals surface area contributed by atoms with E-state index >= 15 is 0 Å². The summed E-state index contributed by atoms with van der Waals surface area (Å²) < 4.78 is 5.20. The summed E-state index contributed by atoms with van der Waals surface area (Å²) in [6.07, 6.45) is 11.4. The van der Waals surface area contributed by atoms with E-state index in [2.05, 4.69) is 16.3 Å². The van der Waals surface area contributed by atoms with Crippen molar-refractivity contribution in [2.24, 2.45) is 10.4 Å². The fourth-order valence-corrected chi connectivity index (χ4v) is 2.07.